The van der Waals surface area contributed by atoms with E-state index in [0.717, 1.165) is 6.42 Å². The van der Waals surface area contributed by atoms with Gasteiger partial charge in [0.05, 0.1) is 6.61 Å². The zero-order chi connectivity index (χ0) is 11.0. The molecule has 1 atom stereocenters. The Hall–Kier alpha value is -0.610. The highest BCUT2D eigenvalue weighted by Crippen LogP contribution is 2.07. The van der Waals surface area contributed by atoms with E-state index in [9.17, 15) is 4.79 Å². The van der Waals surface area contributed by atoms with Gasteiger partial charge in [-0.1, -0.05) is 13.3 Å². The van der Waals surface area contributed by atoms with Crippen LogP contribution in [-0.4, -0.2) is 44.7 Å². The van der Waals surface area contributed by atoms with Gasteiger partial charge in [-0.05, 0) is 12.5 Å². The molecule has 4 heteroatoms. The van der Waals surface area contributed by atoms with Crippen LogP contribution in [0.1, 0.15) is 19.8 Å². The number of methoxy groups -OCH3 is 1. The van der Waals surface area contributed by atoms with Crippen molar-refractivity contribution < 1.29 is 9.53 Å². The van der Waals surface area contributed by atoms with Crippen molar-refractivity contribution in [3.05, 3.63) is 0 Å². The van der Waals surface area contributed by atoms with Crippen molar-refractivity contribution in [1.82, 2.24) is 4.90 Å². The number of amides is 1. The van der Waals surface area contributed by atoms with Crippen LogP contribution in [0, 0.1) is 5.92 Å². The maximum absolute atomic E-state index is 11.6. The summed E-state index contributed by atoms with van der Waals surface area (Å²) in [5.74, 6) is 0.465. The van der Waals surface area contributed by atoms with Crippen LogP contribution in [-0.2, 0) is 9.53 Å². The molecule has 84 valence electrons. The standard InChI is InChI=1S/C10H22N2O2/c1-4-9(8-11)7-10(13)12(2)5-6-14-3/h9H,4-8,11H2,1-3H3. The van der Waals surface area contributed by atoms with E-state index < -0.39 is 0 Å². The average Bonchev–Trinajstić information content (AvgIpc) is 2.21. The largest absolute Gasteiger partial charge is 0.383 e. The van der Waals surface area contributed by atoms with Gasteiger partial charge in [0.2, 0.25) is 5.91 Å². The normalized spacial score (nSPS) is 12.6. The Morgan fingerprint density at radius 3 is 2.64 bits per heavy atom. The molecule has 0 rings (SSSR count). The summed E-state index contributed by atoms with van der Waals surface area (Å²) in [6.45, 7) is 3.87. The topological polar surface area (TPSA) is 55.6 Å². The Balaban J connectivity index is 3.81. The maximum atomic E-state index is 11.6. The Morgan fingerprint density at radius 1 is 1.57 bits per heavy atom. The fourth-order valence-electron chi connectivity index (χ4n) is 1.15. The average molecular weight is 202 g/mol. The Labute approximate surface area is 86.4 Å². The van der Waals surface area contributed by atoms with Crippen molar-refractivity contribution >= 4 is 5.91 Å². The smallest absolute Gasteiger partial charge is 0.222 e. The molecule has 0 fully saturated rings. The highest BCUT2D eigenvalue weighted by atomic mass is 16.5. The first-order valence-electron chi connectivity index (χ1n) is 5.08. The Kier molecular flexibility index (Phi) is 7.42. The molecule has 0 aromatic rings. The molecular weight excluding hydrogens is 180 g/mol. The van der Waals surface area contributed by atoms with Crippen molar-refractivity contribution in [1.29, 1.82) is 0 Å². The first kappa shape index (κ1) is 13.4. The summed E-state index contributed by atoms with van der Waals surface area (Å²) < 4.78 is 4.90. The second kappa shape index (κ2) is 7.76. The predicted octanol–water partition coefficient (Wildman–Crippen LogP) is 0.466. The molecule has 0 heterocycles. The molecule has 2 N–H and O–H groups in total. The van der Waals surface area contributed by atoms with Gasteiger partial charge in [0, 0.05) is 27.1 Å². The van der Waals surface area contributed by atoms with Gasteiger partial charge >= 0.3 is 0 Å². The molecule has 0 saturated carbocycles. The fourth-order valence-corrected chi connectivity index (χ4v) is 1.15. The Bertz CT molecular complexity index is 158. The molecule has 14 heavy (non-hydrogen) atoms. The van der Waals surface area contributed by atoms with Gasteiger partial charge in [-0.15, -0.1) is 0 Å². The monoisotopic (exact) mass is 202 g/mol. The molecule has 0 aliphatic carbocycles. The molecule has 0 spiro atoms. The summed E-state index contributed by atoms with van der Waals surface area (Å²) in [5, 5.41) is 0. The van der Waals surface area contributed by atoms with E-state index in [0.29, 0.717) is 32.0 Å². The maximum Gasteiger partial charge on any atom is 0.222 e. The summed E-state index contributed by atoms with van der Waals surface area (Å²) in [6, 6.07) is 0. The number of carbonyl (C=O) groups is 1. The number of ether oxygens (including phenoxy) is 1. The molecule has 0 aliphatic heterocycles. The summed E-state index contributed by atoms with van der Waals surface area (Å²) in [4.78, 5) is 13.3. The molecule has 0 saturated heterocycles. The highest BCUT2D eigenvalue weighted by Gasteiger charge is 2.13. The minimum absolute atomic E-state index is 0.152. The highest BCUT2D eigenvalue weighted by molar-refractivity contribution is 5.76. The quantitative estimate of drug-likeness (QED) is 0.653. The van der Waals surface area contributed by atoms with Crippen LogP contribution >= 0.6 is 0 Å². The summed E-state index contributed by atoms with van der Waals surface area (Å²) >= 11 is 0. The van der Waals surface area contributed by atoms with Gasteiger partial charge in [-0.3, -0.25) is 4.79 Å². The summed E-state index contributed by atoms with van der Waals surface area (Å²) in [7, 11) is 3.43. The number of nitrogens with zero attached hydrogens (tertiary/aromatic N) is 1. The van der Waals surface area contributed by atoms with E-state index in [1.807, 2.05) is 0 Å². The van der Waals surface area contributed by atoms with Gasteiger partial charge < -0.3 is 15.4 Å². The van der Waals surface area contributed by atoms with Gasteiger partial charge in [0.1, 0.15) is 0 Å². The van der Waals surface area contributed by atoms with Gasteiger partial charge in [-0.2, -0.15) is 0 Å². The number of hydrogen-bond acceptors (Lipinski definition) is 3. The zero-order valence-corrected chi connectivity index (χ0v) is 9.45. The summed E-state index contributed by atoms with van der Waals surface area (Å²) in [5.41, 5.74) is 5.54. The molecule has 0 aromatic heterocycles. The number of nitrogens with two attached hydrogens (primary N) is 1. The molecule has 0 bridgehead atoms. The van der Waals surface area contributed by atoms with Crippen molar-refractivity contribution in [2.75, 3.05) is 33.9 Å². The van der Waals surface area contributed by atoms with Gasteiger partial charge in [0.15, 0.2) is 0 Å². The lowest BCUT2D eigenvalue weighted by molar-refractivity contribution is -0.131. The van der Waals surface area contributed by atoms with E-state index in [1.54, 1.807) is 19.1 Å². The molecule has 0 aromatic carbocycles. The predicted molar refractivity (Wildman–Crippen MR) is 57.0 cm³/mol. The van der Waals surface area contributed by atoms with Gasteiger partial charge in [-0.25, -0.2) is 0 Å². The van der Waals surface area contributed by atoms with E-state index in [4.69, 9.17) is 10.5 Å². The third-order valence-electron chi connectivity index (χ3n) is 2.43. The minimum atomic E-state index is 0.152. The van der Waals surface area contributed by atoms with Crippen LogP contribution < -0.4 is 5.73 Å². The SMILES string of the molecule is CCC(CN)CC(=O)N(C)CCOC. The number of likely N-dealkylation sites (N-methyl/N-ethyl adjacent to an activating group) is 1. The van der Waals surface area contributed by atoms with E-state index in [2.05, 4.69) is 6.92 Å². The second-order valence-electron chi connectivity index (χ2n) is 3.52. The van der Waals surface area contributed by atoms with Crippen molar-refractivity contribution in [2.45, 2.75) is 19.8 Å². The van der Waals surface area contributed by atoms with E-state index >= 15 is 0 Å². The lowest BCUT2D eigenvalue weighted by Gasteiger charge is -2.19. The van der Waals surface area contributed by atoms with E-state index in [1.165, 1.54) is 0 Å². The van der Waals surface area contributed by atoms with Crippen molar-refractivity contribution in [3.63, 3.8) is 0 Å². The molecular formula is C10H22N2O2. The van der Waals surface area contributed by atoms with Crippen LogP contribution in [0.2, 0.25) is 0 Å². The molecule has 1 unspecified atom stereocenters. The van der Waals surface area contributed by atoms with Crippen LogP contribution in [0.25, 0.3) is 0 Å². The first-order chi connectivity index (χ1) is 6.65. The molecule has 0 aliphatic rings. The summed E-state index contributed by atoms with van der Waals surface area (Å²) in [6.07, 6.45) is 1.51. The Morgan fingerprint density at radius 2 is 2.21 bits per heavy atom. The third kappa shape index (κ3) is 5.19. The van der Waals surface area contributed by atoms with Crippen LogP contribution in [0.15, 0.2) is 0 Å². The lowest BCUT2D eigenvalue weighted by atomic mass is 10.0. The number of carbonyl (C=O) groups excluding carboxylic acids is 1. The number of rotatable bonds is 7. The van der Waals surface area contributed by atoms with Gasteiger partial charge in [0.25, 0.3) is 0 Å². The molecule has 1 amide bonds. The number of hydrogen-bond donors (Lipinski definition) is 1. The van der Waals surface area contributed by atoms with Crippen LogP contribution in [0.5, 0.6) is 0 Å². The van der Waals surface area contributed by atoms with E-state index in [-0.39, 0.29) is 5.91 Å². The fraction of sp³-hybridized carbons (Fsp3) is 0.900. The first-order valence-corrected chi connectivity index (χ1v) is 5.08. The molecule has 4 nitrogen and oxygen atoms in total. The zero-order valence-electron chi connectivity index (χ0n) is 9.45. The second-order valence-corrected chi connectivity index (χ2v) is 3.52. The van der Waals surface area contributed by atoms with Crippen LogP contribution in [0.3, 0.4) is 0 Å². The van der Waals surface area contributed by atoms with Crippen molar-refractivity contribution in [2.24, 2.45) is 11.7 Å². The third-order valence-corrected chi connectivity index (χ3v) is 2.43. The molecule has 0 radical (unpaired) electrons. The minimum Gasteiger partial charge on any atom is -0.383 e. The van der Waals surface area contributed by atoms with Crippen molar-refractivity contribution in [3.8, 4) is 0 Å². The lowest BCUT2D eigenvalue weighted by Crippen LogP contribution is -2.32. The van der Waals surface area contributed by atoms with Crippen LogP contribution in [0.4, 0.5) is 0 Å².